The summed E-state index contributed by atoms with van der Waals surface area (Å²) in [5, 5.41) is 4.42. The number of fused-ring (bicyclic) bond motifs is 1. The molecule has 0 aliphatic rings. The fraction of sp³-hybridized carbons (Fsp3) is 0.700. The standard InChI is InChI=1S/C20H34N6O2/c1-5-7-9-10-11-12-14-26-16-17(25(4)20(28)22-18(16)27)21-19(26)24-23-15(3)13-8-6-2/h5-14H2,1-4H3,(H,21,24)(H,22,27,28). The molecule has 8 nitrogen and oxygen atoms in total. The van der Waals surface area contributed by atoms with Crippen molar-refractivity contribution in [3.05, 3.63) is 20.8 Å². The van der Waals surface area contributed by atoms with Gasteiger partial charge in [-0.25, -0.2) is 10.2 Å². The Kier molecular flexibility index (Phi) is 8.47. The number of H-pyrrole nitrogens is 1. The summed E-state index contributed by atoms with van der Waals surface area (Å²) in [6, 6.07) is 0. The Morgan fingerprint density at radius 2 is 1.75 bits per heavy atom. The van der Waals surface area contributed by atoms with E-state index in [2.05, 4.69) is 34.3 Å². The third-order valence-electron chi connectivity index (χ3n) is 4.98. The van der Waals surface area contributed by atoms with Gasteiger partial charge in [-0.15, -0.1) is 0 Å². The monoisotopic (exact) mass is 390 g/mol. The van der Waals surface area contributed by atoms with Crippen LogP contribution in [0.5, 0.6) is 0 Å². The van der Waals surface area contributed by atoms with E-state index in [1.54, 1.807) is 7.05 Å². The Labute approximate surface area is 166 Å². The number of hydrogen-bond acceptors (Lipinski definition) is 5. The number of hydrogen-bond donors (Lipinski definition) is 2. The van der Waals surface area contributed by atoms with Gasteiger partial charge in [0.25, 0.3) is 5.56 Å². The van der Waals surface area contributed by atoms with Crippen LogP contribution in [0.1, 0.15) is 78.6 Å². The molecule has 0 aliphatic carbocycles. The molecule has 8 heteroatoms. The van der Waals surface area contributed by atoms with Crippen molar-refractivity contribution in [1.29, 1.82) is 0 Å². The van der Waals surface area contributed by atoms with Crippen molar-refractivity contribution in [2.45, 2.75) is 85.1 Å². The Bertz CT molecular complexity index is 906. The minimum Gasteiger partial charge on any atom is -0.303 e. The first kappa shape index (κ1) is 21.9. The molecule has 2 rings (SSSR count). The molecule has 0 radical (unpaired) electrons. The van der Waals surface area contributed by atoms with Crippen molar-refractivity contribution in [3.63, 3.8) is 0 Å². The van der Waals surface area contributed by atoms with Gasteiger partial charge in [0.05, 0.1) is 0 Å². The van der Waals surface area contributed by atoms with Gasteiger partial charge >= 0.3 is 5.69 Å². The average Bonchev–Trinajstić information content (AvgIpc) is 3.04. The van der Waals surface area contributed by atoms with Crippen LogP contribution in [0.4, 0.5) is 5.95 Å². The van der Waals surface area contributed by atoms with Gasteiger partial charge in [0, 0.05) is 19.3 Å². The van der Waals surface area contributed by atoms with Gasteiger partial charge in [-0.3, -0.25) is 14.3 Å². The van der Waals surface area contributed by atoms with Crippen LogP contribution in [0.3, 0.4) is 0 Å². The van der Waals surface area contributed by atoms with Crippen LogP contribution in [0, 0.1) is 0 Å². The predicted octanol–water partition coefficient (Wildman–Crippen LogP) is 3.76. The summed E-state index contributed by atoms with van der Waals surface area (Å²) in [4.78, 5) is 31.3. The molecule has 0 unspecified atom stereocenters. The first-order valence-electron chi connectivity index (χ1n) is 10.5. The number of nitrogens with one attached hydrogen (secondary N) is 2. The lowest BCUT2D eigenvalue weighted by Gasteiger charge is -2.09. The number of rotatable bonds is 12. The van der Waals surface area contributed by atoms with Gasteiger partial charge in [0.2, 0.25) is 5.95 Å². The molecule has 2 N–H and O–H groups in total. The minimum absolute atomic E-state index is 0.378. The highest BCUT2D eigenvalue weighted by molar-refractivity contribution is 5.82. The SMILES string of the molecule is CCCCCCCCn1c(NN=C(C)CCCC)nc2c1c(=O)[nH]c(=O)n2C. The van der Waals surface area contributed by atoms with Gasteiger partial charge in [0.15, 0.2) is 11.2 Å². The summed E-state index contributed by atoms with van der Waals surface area (Å²) in [7, 11) is 1.61. The highest BCUT2D eigenvalue weighted by Gasteiger charge is 2.17. The van der Waals surface area contributed by atoms with Crippen LogP contribution >= 0.6 is 0 Å². The number of aryl methyl sites for hydroxylation is 2. The quantitative estimate of drug-likeness (QED) is 0.327. The number of aromatic amines is 1. The van der Waals surface area contributed by atoms with Gasteiger partial charge in [0.1, 0.15) is 0 Å². The maximum atomic E-state index is 12.4. The van der Waals surface area contributed by atoms with E-state index >= 15 is 0 Å². The molecule has 2 heterocycles. The van der Waals surface area contributed by atoms with E-state index in [0.717, 1.165) is 37.8 Å². The lowest BCUT2D eigenvalue weighted by atomic mass is 10.1. The van der Waals surface area contributed by atoms with E-state index in [1.807, 2.05) is 11.5 Å². The molecular weight excluding hydrogens is 356 g/mol. The molecule has 2 aromatic heterocycles. The van der Waals surface area contributed by atoms with Crippen molar-refractivity contribution in [1.82, 2.24) is 19.1 Å². The zero-order valence-corrected chi connectivity index (χ0v) is 17.7. The van der Waals surface area contributed by atoms with Gasteiger partial charge < -0.3 is 4.57 Å². The van der Waals surface area contributed by atoms with Crippen LogP contribution in [0.15, 0.2) is 14.7 Å². The number of aromatic nitrogens is 4. The molecule has 0 aromatic carbocycles. The zero-order valence-electron chi connectivity index (χ0n) is 17.7. The predicted molar refractivity (Wildman–Crippen MR) is 115 cm³/mol. The van der Waals surface area contributed by atoms with E-state index in [1.165, 1.54) is 30.3 Å². The number of anilines is 1. The van der Waals surface area contributed by atoms with Crippen molar-refractivity contribution >= 4 is 22.8 Å². The Hall–Kier alpha value is -2.38. The summed E-state index contributed by atoms with van der Waals surface area (Å²) in [5.74, 6) is 0.506. The molecule has 0 saturated heterocycles. The summed E-state index contributed by atoms with van der Waals surface area (Å²) in [5.41, 5.74) is 3.93. The number of unbranched alkanes of at least 4 members (excludes halogenated alkanes) is 6. The summed E-state index contributed by atoms with van der Waals surface area (Å²) >= 11 is 0. The molecule has 0 fully saturated rings. The first-order chi connectivity index (χ1) is 13.5. The normalized spacial score (nSPS) is 12.1. The minimum atomic E-state index is -0.462. The molecule has 0 spiro atoms. The molecule has 28 heavy (non-hydrogen) atoms. The second-order valence-electron chi connectivity index (χ2n) is 7.41. The van der Waals surface area contributed by atoms with Crippen molar-refractivity contribution in [2.75, 3.05) is 5.43 Å². The van der Waals surface area contributed by atoms with Crippen LogP contribution in [0.25, 0.3) is 11.2 Å². The highest BCUT2D eigenvalue weighted by Crippen LogP contribution is 2.17. The molecule has 2 aromatic rings. The second-order valence-corrected chi connectivity index (χ2v) is 7.41. The maximum Gasteiger partial charge on any atom is 0.329 e. The molecular formula is C20H34N6O2. The van der Waals surface area contributed by atoms with Crippen molar-refractivity contribution < 1.29 is 0 Å². The third kappa shape index (κ3) is 5.56. The van der Waals surface area contributed by atoms with Gasteiger partial charge in [-0.05, 0) is 26.2 Å². The largest absolute Gasteiger partial charge is 0.329 e. The van der Waals surface area contributed by atoms with E-state index in [0.29, 0.717) is 23.7 Å². The number of nitrogens with zero attached hydrogens (tertiary/aromatic N) is 4. The number of imidazole rings is 1. The van der Waals surface area contributed by atoms with Crippen molar-refractivity contribution in [3.8, 4) is 0 Å². The smallest absolute Gasteiger partial charge is 0.303 e. The third-order valence-corrected chi connectivity index (χ3v) is 4.98. The molecule has 0 bridgehead atoms. The van der Waals surface area contributed by atoms with Crippen LogP contribution < -0.4 is 16.7 Å². The lowest BCUT2D eigenvalue weighted by molar-refractivity contribution is 0.565. The van der Waals surface area contributed by atoms with E-state index in [-0.39, 0.29) is 0 Å². The average molecular weight is 391 g/mol. The molecule has 0 aliphatic heterocycles. The second kappa shape index (κ2) is 10.8. The van der Waals surface area contributed by atoms with Crippen molar-refractivity contribution in [2.24, 2.45) is 12.1 Å². The lowest BCUT2D eigenvalue weighted by Crippen LogP contribution is -2.29. The summed E-state index contributed by atoms with van der Waals surface area (Å²) in [6.45, 7) is 6.99. The van der Waals surface area contributed by atoms with Crippen LogP contribution in [-0.4, -0.2) is 24.8 Å². The zero-order chi connectivity index (χ0) is 20.5. The maximum absolute atomic E-state index is 12.4. The molecule has 0 atom stereocenters. The summed E-state index contributed by atoms with van der Waals surface area (Å²) < 4.78 is 3.22. The Morgan fingerprint density at radius 3 is 2.46 bits per heavy atom. The fourth-order valence-electron chi connectivity index (χ4n) is 3.22. The van der Waals surface area contributed by atoms with Crippen LogP contribution in [-0.2, 0) is 13.6 Å². The topological polar surface area (TPSA) is 97.1 Å². The Morgan fingerprint density at radius 1 is 1.07 bits per heavy atom. The van der Waals surface area contributed by atoms with E-state index in [4.69, 9.17) is 0 Å². The van der Waals surface area contributed by atoms with E-state index < -0.39 is 11.2 Å². The molecule has 0 saturated carbocycles. The van der Waals surface area contributed by atoms with E-state index in [9.17, 15) is 9.59 Å². The summed E-state index contributed by atoms with van der Waals surface area (Å²) in [6.07, 6.45) is 10.1. The van der Waals surface area contributed by atoms with Crippen LogP contribution in [0.2, 0.25) is 0 Å². The van der Waals surface area contributed by atoms with Gasteiger partial charge in [-0.1, -0.05) is 52.4 Å². The molecule has 0 amide bonds. The first-order valence-corrected chi connectivity index (χ1v) is 10.5. The molecule has 156 valence electrons. The highest BCUT2D eigenvalue weighted by atomic mass is 16.2. The Balaban J connectivity index is 2.28. The fourth-order valence-corrected chi connectivity index (χ4v) is 3.22. The number of hydrazone groups is 1. The van der Waals surface area contributed by atoms with Gasteiger partial charge in [-0.2, -0.15) is 10.1 Å².